The van der Waals surface area contributed by atoms with Crippen LogP contribution in [0.5, 0.6) is 11.5 Å². The molecule has 8 nitrogen and oxygen atoms in total. The van der Waals surface area contributed by atoms with E-state index < -0.39 is 0 Å². The Hall–Kier alpha value is -3.69. The van der Waals surface area contributed by atoms with E-state index in [1.165, 1.54) is 0 Å². The lowest BCUT2D eigenvalue weighted by Gasteiger charge is -2.19. The summed E-state index contributed by atoms with van der Waals surface area (Å²) in [6.45, 7) is 5.00. The highest BCUT2D eigenvalue weighted by molar-refractivity contribution is 7.80. The highest BCUT2D eigenvalue weighted by atomic mass is 35.5. The van der Waals surface area contributed by atoms with Crippen molar-refractivity contribution >= 4 is 52.4 Å². The third-order valence-corrected chi connectivity index (χ3v) is 5.42. The van der Waals surface area contributed by atoms with Crippen molar-refractivity contribution < 1.29 is 14.3 Å². The molecule has 0 unspecified atom stereocenters. The van der Waals surface area contributed by atoms with E-state index in [-0.39, 0.29) is 23.5 Å². The molecular weight excluding hydrogens is 486 g/mol. The molecule has 0 bridgehead atoms. The number of pyridine rings is 1. The molecule has 182 valence electrons. The second kappa shape index (κ2) is 12.7. The predicted octanol–water partition coefficient (Wildman–Crippen LogP) is 5.46. The van der Waals surface area contributed by atoms with Gasteiger partial charge >= 0.3 is 6.03 Å². The summed E-state index contributed by atoms with van der Waals surface area (Å²) in [5.41, 5.74) is 1.41. The van der Waals surface area contributed by atoms with Gasteiger partial charge in [0.15, 0.2) is 5.11 Å². The predicted molar refractivity (Wildman–Crippen MR) is 142 cm³/mol. The van der Waals surface area contributed by atoms with Crippen LogP contribution in [0.3, 0.4) is 0 Å². The number of urea groups is 1. The zero-order valence-electron chi connectivity index (χ0n) is 19.4. The van der Waals surface area contributed by atoms with E-state index in [9.17, 15) is 9.59 Å². The minimum atomic E-state index is -0.232. The Morgan fingerprint density at radius 2 is 1.71 bits per heavy atom. The standard InChI is InChI=1S/C25H26ClN5O3S/c1-3-31(4-2)25(33)29-22-16-19(12-13-27-22)34-18-10-11-21(20(26)15-18)28-24(35)30-23(32)14-17-8-6-5-7-9-17/h5-13,15-16H,3-4,14H2,1-2H3,(H,27,29,33)(H2,28,30,32,35). The third kappa shape index (κ3) is 7.94. The summed E-state index contributed by atoms with van der Waals surface area (Å²) >= 11 is 11.6. The first-order chi connectivity index (χ1) is 16.9. The van der Waals surface area contributed by atoms with E-state index in [1.54, 1.807) is 41.4 Å². The van der Waals surface area contributed by atoms with Crippen LogP contribution in [0.2, 0.25) is 5.02 Å². The molecule has 10 heteroatoms. The number of halogens is 1. The lowest BCUT2D eigenvalue weighted by molar-refractivity contribution is -0.119. The molecule has 0 saturated heterocycles. The number of anilines is 2. The maximum Gasteiger partial charge on any atom is 0.322 e. The third-order valence-electron chi connectivity index (χ3n) is 4.90. The number of benzene rings is 2. The van der Waals surface area contributed by atoms with Crippen LogP contribution in [-0.2, 0) is 11.2 Å². The number of carbonyl (C=O) groups excluding carboxylic acids is 2. The quantitative estimate of drug-likeness (QED) is 0.348. The summed E-state index contributed by atoms with van der Waals surface area (Å²) < 4.78 is 5.87. The van der Waals surface area contributed by atoms with E-state index in [0.29, 0.717) is 41.1 Å². The van der Waals surface area contributed by atoms with E-state index in [0.717, 1.165) is 5.56 Å². The summed E-state index contributed by atoms with van der Waals surface area (Å²) in [4.78, 5) is 30.3. The molecule has 0 radical (unpaired) electrons. The fraction of sp³-hybridized carbons (Fsp3) is 0.200. The second-order valence-electron chi connectivity index (χ2n) is 7.39. The Morgan fingerprint density at radius 3 is 2.40 bits per heavy atom. The molecule has 0 aliphatic carbocycles. The molecule has 0 spiro atoms. The van der Waals surface area contributed by atoms with E-state index in [4.69, 9.17) is 28.6 Å². The summed E-state index contributed by atoms with van der Waals surface area (Å²) in [5.74, 6) is 1.11. The minimum Gasteiger partial charge on any atom is -0.457 e. The van der Waals surface area contributed by atoms with Crippen LogP contribution in [0.1, 0.15) is 19.4 Å². The lowest BCUT2D eigenvalue weighted by Crippen LogP contribution is -2.35. The van der Waals surface area contributed by atoms with Gasteiger partial charge in [0.25, 0.3) is 0 Å². The molecule has 3 rings (SSSR count). The Bertz CT molecular complexity index is 1190. The molecular formula is C25H26ClN5O3S. The van der Waals surface area contributed by atoms with Gasteiger partial charge in [0.05, 0.1) is 17.1 Å². The molecule has 0 atom stereocenters. The van der Waals surface area contributed by atoms with Gasteiger partial charge in [-0.3, -0.25) is 10.1 Å². The van der Waals surface area contributed by atoms with Gasteiger partial charge in [-0.1, -0.05) is 41.9 Å². The smallest absolute Gasteiger partial charge is 0.322 e. The van der Waals surface area contributed by atoms with Crippen LogP contribution in [0.15, 0.2) is 66.9 Å². The topological polar surface area (TPSA) is 95.6 Å². The van der Waals surface area contributed by atoms with Crippen molar-refractivity contribution in [3.63, 3.8) is 0 Å². The SMILES string of the molecule is CCN(CC)C(=O)Nc1cc(Oc2ccc(NC(=S)NC(=O)Cc3ccccc3)c(Cl)c2)ccn1. The lowest BCUT2D eigenvalue weighted by atomic mass is 10.1. The molecule has 35 heavy (non-hydrogen) atoms. The first-order valence-electron chi connectivity index (χ1n) is 11.0. The summed E-state index contributed by atoms with van der Waals surface area (Å²) in [7, 11) is 0. The van der Waals surface area contributed by atoms with Crippen LogP contribution in [-0.4, -0.2) is 40.0 Å². The normalized spacial score (nSPS) is 10.3. The van der Waals surface area contributed by atoms with Gasteiger partial charge in [-0.2, -0.15) is 0 Å². The molecule has 3 N–H and O–H groups in total. The molecule has 1 heterocycles. The van der Waals surface area contributed by atoms with Crippen molar-refractivity contribution in [1.82, 2.24) is 15.2 Å². The van der Waals surface area contributed by atoms with Crippen LogP contribution < -0.4 is 20.7 Å². The van der Waals surface area contributed by atoms with Gasteiger partial charge in [-0.25, -0.2) is 9.78 Å². The van der Waals surface area contributed by atoms with Gasteiger partial charge in [-0.15, -0.1) is 0 Å². The maximum atomic E-state index is 12.2. The fourth-order valence-electron chi connectivity index (χ4n) is 3.14. The number of thiocarbonyl (C=S) groups is 1. The van der Waals surface area contributed by atoms with E-state index in [2.05, 4.69) is 20.9 Å². The molecule has 1 aromatic heterocycles. The average Bonchev–Trinajstić information content (AvgIpc) is 2.82. The molecule has 3 amide bonds. The van der Waals surface area contributed by atoms with Crippen molar-refractivity contribution in [2.24, 2.45) is 0 Å². The summed E-state index contributed by atoms with van der Waals surface area (Å²) in [6, 6.07) is 17.5. The fourth-order valence-corrected chi connectivity index (χ4v) is 3.59. The monoisotopic (exact) mass is 511 g/mol. The Morgan fingerprint density at radius 1 is 1.00 bits per heavy atom. The average molecular weight is 512 g/mol. The summed E-state index contributed by atoms with van der Waals surface area (Å²) in [6.07, 6.45) is 1.76. The molecule has 3 aromatic rings. The van der Waals surface area contributed by atoms with Crippen LogP contribution in [0.25, 0.3) is 0 Å². The van der Waals surface area contributed by atoms with Crippen molar-refractivity contribution in [1.29, 1.82) is 0 Å². The number of amides is 3. The van der Waals surface area contributed by atoms with E-state index in [1.807, 2.05) is 44.2 Å². The van der Waals surface area contributed by atoms with Crippen LogP contribution in [0, 0.1) is 0 Å². The van der Waals surface area contributed by atoms with Gasteiger partial charge in [0.2, 0.25) is 5.91 Å². The summed E-state index contributed by atoms with van der Waals surface area (Å²) in [5, 5.41) is 8.81. The highest BCUT2D eigenvalue weighted by Gasteiger charge is 2.12. The van der Waals surface area contributed by atoms with Gasteiger partial charge in [0, 0.05) is 31.4 Å². The van der Waals surface area contributed by atoms with Crippen molar-refractivity contribution in [3.8, 4) is 11.5 Å². The first-order valence-corrected chi connectivity index (χ1v) is 11.8. The van der Waals surface area contributed by atoms with E-state index >= 15 is 0 Å². The van der Waals surface area contributed by atoms with Crippen molar-refractivity contribution in [3.05, 3.63) is 77.4 Å². The molecule has 0 aliphatic heterocycles. The van der Waals surface area contributed by atoms with Crippen molar-refractivity contribution in [2.75, 3.05) is 23.7 Å². The zero-order valence-corrected chi connectivity index (χ0v) is 20.9. The number of carbonyl (C=O) groups is 2. The Kier molecular flexibility index (Phi) is 9.39. The maximum absolute atomic E-state index is 12.2. The zero-order chi connectivity index (χ0) is 25.2. The first kappa shape index (κ1) is 25.9. The second-order valence-corrected chi connectivity index (χ2v) is 8.20. The van der Waals surface area contributed by atoms with Crippen LogP contribution >= 0.6 is 23.8 Å². The van der Waals surface area contributed by atoms with Gasteiger partial charge in [-0.05, 0) is 49.8 Å². The van der Waals surface area contributed by atoms with Crippen LogP contribution in [0.4, 0.5) is 16.3 Å². The number of rotatable bonds is 8. The number of hydrogen-bond donors (Lipinski definition) is 3. The number of ether oxygens (including phenoxy) is 1. The molecule has 2 aromatic carbocycles. The largest absolute Gasteiger partial charge is 0.457 e. The highest BCUT2D eigenvalue weighted by Crippen LogP contribution is 2.30. The number of aromatic nitrogens is 1. The minimum absolute atomic E-state index is 0.143. The number of nitrogens with zero attached hydrogens (tertiary/aromatic N) is 2. The Labute approximate surface area is 214 Å². The molecule has 0 fully saturated rings. The van der Waals surface area contributed by atoms with Gasteiger partial charge < -0.3 is 20.3 Å². The Balaban J connectivity index is 1.57. The molecule has 0 saturated carbocycles. The number of nitrogens with one attached hydrogen (secondary N) is 3. The molecule has 0 aliphatic rings. The number of hydrogen-bond acceptors (Lipinski definition) is 5. The van der Waals surface area contributed by atoms with Gasteiger partial charge in [0.1, 0.15) is 17.3 Å². The van der Waals surface area contributed by atoms with Crippen molar-refractivity contribution in [2.45, 2.75) is 20.3 Å².